The SMILES string of the molecule is N#Cc1ccc(NC=C(C(=O)O)C(=O)O)c(Br)c1. The van der Waals surface area contributed by atoms with Crippen molar-refractivity contribution in [2.45, 2.75) is 0 Å². The second-order valence-electron chi connectivity index (χ2n) is 3.12. The van der Waals surface area contributed by atoms with E-state index in [0.29, 0.717) is 15.7 Å². The molecule has 1 rings (SSSR count). The van der Waals surface area contributed by atoms with Crippen LogP contribution in [-0.2, 0) is 9.59 Å². The van der Waals surface area contributed by atoms with Gasteiger partial charge in [0.2, 0.25) is 0 Å². The Morgan fingerprint density at radius 1 is 1.33 bits per heavy atom. The minimum absolute atomic E-state index is 0.424. The first-order chi connectivity index (χ1) is 8.45. The molecule has 0 aliphatic carbocycles. The number of benzene rings is 1. The molecule has 0 amide bonds. The molecule has 1 aromatic rings. The van der Waals surface area contributed by atoms with E-state index < -0.39 is 17.5 Å². The topological polar surface area (TPSA) is 110 Å². The quantitative estimate of drug-likeness (QED) is 0.444. The smallest absolute Gasteiger partial charge is 0.344 e. The highest BCUT2D eigenvalue weighted by molar-refractivity contribution is 9.10. The third-order valence-electron chi connectivity index (χ3n) is 1.93. The number of halogens is 1. The Balaban J connectivity index is 2.99. The minimum atomic E-state index is -1.54. The highest BCUT2D eigenvalue weighted by Gasteiger charge is 2.15. The molecule has 0 atom stereocenters. The minimum Gasteiger partial charge on any atom is -0.477 e. The third kappa shape index (κ3) is 3.33. The number of anilines is 1. The molecule has 0 fully saturated rings. The fraction of sp³-hybridized carbons (Fsp3) is 0. The molecule has 0 bridgehead atoms. The van der Waals surface area contributed by atoms with Gasteiger partial charge >= 0.3 is 11.9 Å². The van der Waals surface area contributed by atoms with Gasteiger partial charge in [-0.25, -0.2) is 9.59 Å². The first-order valence-corrected chi connectivity index (χ1v) is 5.38. The average Bonchev–Trinajstić information content (AvgIpc) is 2.30. The Labute approximate surface area is 110 Å². The van der Waals surface area contributed by atoms with E-state index in [1.54, 1.807) is 0 Å². The molecule has 0 heterocycles. The van der Waals surface area contributed by atoms with Gasteiger partial charge in [0.25, 0.3) is 0 Å². The Morgan fingerprint density at radius 3 is 2.39 bits per heavy atom. The van der Waals surface area contributed by atoms with Gasteiger partial charge in [-0.05, 0) is 34.1 Å². The van der Waals surface area contributed by atoms with Crippen molar-refractivity contribution in [3.05, 3.63) is 40.0 Å². The zero-order valence-corrected chi connectivity index (χ0v) is 10.4. The Hall–Kier alpha value is -2.33. The van der Waals surface area contributed by atoms with Crippen molar-refractivity contribution in [1.29, 1.82) is 5.26 Å². The molecule has 92 valence electrons. The van der Waals surface area contributed by atoms with Crippen LogP contribution in [0.3, 0.4) is 0 Å². The molecule has 0 saturated heterocycles. The van der Waals surface area contributed by atoms with E-state index in [0.717, 1.165) is 6.20 Å². The number of carboxylic acids is 2. The van der Waals surface area contributed by atoms with Gasteiger partial charge in [-0.15, -0.1) is 0 Å². The Kier molecular flexibility index (Phi) is 4.45. The second-order valence-corrected chi connectivity index (χ2v) is 3.97. The molecule has 18 heavy (non-hydrogen) atoms. The molecule has 0 aliphatic heterocycles. The zero-order chi connectivity index (χ0) is 13.7. The van der Waals surface area contributed by atoms with Crippen LogP contribution in [0.25, 0.3) is 0 Å². The summed E-state index contributed by atoms with van der Waals surface area (Å²) in [7, 11) is 0. The van der Waals surface area contributed by atoms with Gasteiger partial charge in [0.15, 0.2) is 5.57 Å². The fourth-order valence-electron chi connectivity index (χ4n) is 1.07. The van der Waals surface area contributed by atoms with Crippen LogP contribution >= 0.6 is 15.9 Å². The Morgan fingerprint density at radius 2 is 1.94 bits per heavy atom. The van der Waals surface area contributed by atoms with E-state index in [-0.39, 0.29) is 0 Å². The number of nitrogens with zero attached hydrogens (tertiary/aromatic N) is 1. The molecule has 3 N–H and O–H groups in total. The number of aliphatic carboxylic acids is 2. The summed E-state index contributed by atoms with van der Waals surface area (Å²) >= 11 is 3.17. The normalized spacial score (nSPS) is 9.11. The molecule has 0 aromatic heterocycles. The van der Waals surface area contributed by atoms with E-state index in [1.807, 2.05) is 6.07 Å². The third-order valence-corrected chi connectivity index (χ3v) is 2.59. The van der Waals surface area contributed by atoms with E-state index in [2.05, 4.69) is 21.2 Å². The van der Waals surface area contributed by atoms with Crippen LogP contribution in [-0.4, -0.2) is 22.2 Å². The highest BCUT2D eigenvalue weighted by atomic mass is 79.9. The first-order valence-electron chi connectivity index (χ1n) is 4.58. The predicted molar refractivity (Wildman–Crippen MR) is 65.8 cm³/mol. The maximum Gasteiger partial charge on any atom is 0.344 e. The number of rotatable bonds is 4. The van der Waals surface area contributed by atoms with Crippen LogP contribution in [0.1, 0.15) is 5.56 Å². The van der Waals surface area contributed by atoms with Crippen molar-refractivity contribution >= 4 is 33.6 Å². The van der Waals surface area contributed by atoms with Gasteiger partial charge in [0.05, 0.1) is 17.3 Å². The maximum absolute atomic E-state index is 10.6. The summed E-state index contributed by atoms with van der Waals surface area (Å²) < 4.78 is 0.521. The number of hydrogen-bond acceptors (Lipinski definition) is 4. The largest absolute Gasteiger partial charge is 0.477 e. The summed E-state index contributed by atoms with van der Waals surface area (Å²) in [6.07, 6.45) is 0.872. The summed E-state index contributed by atoms with van der Waals surface area (Å²) in [6.45, 7) is 0. The number of nitrogens with one attached hydrogen (secondary N) is 1. The summed E-state index contributed by atoms with van der Waals surface area (Å²) in [5.74, 6) is -3.08. The monoisotopic (exact) mass is 310 g/mol. The van der Waals surface area contributed by atoms with Gasteiger partial charge < -0.3 is 15.5 Å². The molecule has 0 radical (unpaired) electrons. The van der Waals surface area contributed by atoms with Crippen molar-refractivity contribution in [1.82, 2.24) is 0 Å². The number of carbonyl (C=O) groups is 2. The molecule has 1 aromatic carbocycles. The average molecular weight is 311 g/mol. The zero-order valence-electron chi connectivity index (χ0n) is 8.85. The number of carboxylic acid groups (broad SMARTS) is 2. The van der Waals surface area contributed by atoms with Crippen LogP contribution in [0, 0.1) is 11.3 Å². The van der Waals surface area contributed by atoms with Gasteiger partial charge in [-0.2, -0.15) is 5.26 Å². The lowest BCUT2D eigenvalue weighted by atomic mass is 10.2. The standard InChI is InChI=1S/C11H7BrN2O4/c12-8-3-6(4-13)1-2-9(8)14-5-7(10(15)16)11(17)18/h1-3,5,14H,(H,15,16)(H,17,18). The number of hydrogen-bond donors (Lipinski definition) is 3. The van der Waals surface area contributed by atoms with E-state index >= 15 is 0 Å². The van der Waals surface area contributed by atoms with Crippen LogP contribution < -0.4 is 5.32 Å². The van der Waals surface area contributed by atoms with E-state index in [4.69, 9.17) is 15.5 Å². The molecule has 0 saturated carbocycles. The summed E-state index contributed by atoms with van der Waals surface area (Å²) in [6, 6.07) is 6.50. The lowest BCUT2D eigenvalue weighted by Gasteiger charge is -2.05. The molecule has 0 spiro atoms. The van der Waals surface area contributed by atoms with Crippen LogP contribution in [0.2, 0.25) is 0 Å². The second kappa shape index (κ2) is 5.84. The van der Waals surface area contributed by atoms with Crippen LogP contribution in [0.5, 0.6) is 0 Å². The van der Waals surface area contributed by atoms with Crippen LogP contribution in [0.4, 0.5) is 5.69 Å². The van der Waals surface area contributed by atoms with Crippen molar-refractivity contribution in [3.63, 3.8) is 0 Å². The van der Waals surface area contributed by atoms with E-state index in [1.165, 1.54) is 18.2 Å². The lowest BCUT2D eigenvalue weighted by molar-refractivity contribution is -0.140. The number of nitriles is 1. The lowest BCUT2D eigenvalue weighted by Crippen LogP contribution is -2.12. The maximum atomic E-state index is 10.6. The predicted octanol–water partition coefficient (Wildman–Crippen LogP) is 1.79. The van der Waals surface area contributed by atoms with Gasteiger partial charge in [0, 0.05) is 10.7 Å². The molecule has 6 nitrogen and oxygen atoms in total. The van der Waals surface area contributed by atoms with Crippen molar-refractivity contribution < 1.29 is 19.8 Å². The molecule has 0 aliphatic rings. The first kappa shape index (κ1) is 13.7. The van der Waals surface area contributed by atoms with Crippen molar-refractivity contribution in [3.8, 4) is 6.07 Å². The summed E-state index contributed by atoms with van der Waals surface area (Å²) in [4.78, 5) is 21.2. The van der Waals surface area contributed by atoms with Gasteiger partial charge in [0.1, 0.15) is 0 Å². The molecule has 7 heteroatoms. The fourth-order valence-corrected chi connectivity index (χ4v) is 1.56. The Bertz CT molecular complexity index is 559. The van der Waals surface area contributed by atoms with Gasteiger partial charge in [-0.3, -0.25) is 0 Å². The summed E-state index contributed by atoms with van der Waals surface area (Å²) in [5.41, 5.74) is 0.0911. The van der Waals surface area contributed by atoms with Crippen molar-refractivity contribution in [2.75, 3.05) is 5.32 Å². The highest BCUT2D eigenvalue weighted by Crippen LogP contribution is 2.23. The van der Waals surface area contributed by atoms with E-state index in [9.17, 15) is 9.59 Å². The molecule has 0 unspecified atom stereocenters. The summed E-state index contributed by atoms with van der Waals surface area (Å²) in [5, 5.41) is 28.5. The van der Waals surface area contributed by atoms with Crippen molar-refractivity contribution in [2.24, 2.45) is 0 Å². The molecular formula is C11H7BrN2O4. The molecular weight excluding hydrogens is 304 g/mol. The van der Waals surface area contributed by atoms with Gasteiger partial charge in [-0.1, -0.05) is 0 Å². The van der Waals surface area contributed by atoms with Crippen LogP contribution in [0.15, 0.2) is 34.4 Å².